The van der Waals surface area contributed by atoms with Gasteiger partial charge in [-0.3, -0.25) is 9.59 Å². The molecule has 0 radical (unpaired) electrons. The van der Waals surface area contributed by atoms with Gasteiger partial charge in [0.1, 0.15) is 11.8 Å². The van der Waals surface area contributed by atoms with Crippen molar-refractivity contribution in [1.29, 1.82) is 0 Å². The highest BCUT2D eigenvalue weighted by Crippen LogP contribution is 2.20. The molecule has 1 aromatic carbocycles. The molecule has 2 rings (SSSR count). The van der Waals surface area contributed by atoms with Gasteiger partial charge in [0.25, 0.3) is 0 Å². The maximum Gasteiger partial charge on any atom is 0.410 e. The van der Waals surface area contributed by atoms with Crippen LogP contribution in [0.3, 0.4) is 0 Å². The van der Waals surface area contributed by atoms with E-state index in [-0.39, 0.29) is 6.61 Å². The summed E-state index contributed by atoms with van der Waals surface area (Å²) >= 11 is 0. The molecule has 1 aliphatic rings. The lowest BCUT2D eigenvalue weighted by atomic mass is 9.93. The molecule has 1 saturated heterocycles. The molecule has 2 N–H and O–H groups in total. The fourth-order valence-electron chi connectivity index (χ4n) is 4.38. The molecule has 10 nitrogen and oxygen atoms in total. The van der Waals surface area contributed by atoms with E-state index in [0.29, 0.717) is 64.4 Å². The zero-order valence-corrected chi connectivity index (χ0v) is 23.1. The van der Waals surface area contributed by atoms with Crippen LogP contribution < -0.4 is 5.32 Å². The van der Waals surface area contributed by atoms with E-state index in [1.54, 1.807) is 32.7 Å². The molecule has 0 aromatic heterocycles. The van der Waals surface area contributed by atoms with Crippen LogP contribution in [0.2, 0.25) is 0 Å². The maximum atomic E-state index is 13.4. The summed E-state index contributed by atoms with van der Waals surface area (Å²) in [6.45, 7) is 6.37. The number of hydrogen-bond acceptors (Lipinski definition) is 6. The summed E-state index contributed by atoms with van der Waals surface area (Å²) in [4.78, 5) is 52.9. The molecule has 1 aliphatic heterocycles. The van der Waals surface area contributed by atoms with Crippen molar-refractivity contribution in [1.82, 2.24) is 15.1 Å². The summed E-state index contributed by atoms with van der Waals surface area (Å²) in [7, 11) is 1.56. The number of ether oxygens (including phenoxy) is 2. The van der Waals surface area contributed by atoms with Gasteiger partial charge in [0.15, 0.2) is 6.10 Å². The van der Waals surface area contributed by atoms with Crippen LogP contribution >= 0.6 is 0 Å². The molecule has 0 saturated carbocycles. The number of benzene rings is 1. The van der Waals surface area contributed by atoms with Gasteiger partial charge in [0.05, 0.1) is 5.92 Å². The van der Waals surface area contributed by atoms with Crippen molar-refractivity contribution in [3.05, 3.63) is 35.9 Å². The van der Waals surface area contributed by atoms with Gasteiger partial charge in [-0.15, -0.1) is 0 Å². The van der Waals surface area contributed by atoms with Crippen molar-refractivity contribution in [3.8, 4) is 0 Å². The molecule has 3 atom stereocenters. The molecule has 0 unspecified atom stereocenters. The number of carbonyl (C=O) groups is 4. The molecule has 1 aromatic rings. The van der Waals surface area contributed by atoms with Crippen LogP contribution in [0.5, 0.6) is 0 Å². The van der Waals surface area contributed by atoms with Gasteiger partial charge in [-0.2, -0.15) is 0 Å². The third kappa shape index (κ3) is 10.7. The minimum absolute atomic E-state index is 0.138. The van der Waals surface area contributed by atoms with E-state index < -0.39 is 41.8 Å². The number of aryl methyl sites for hydroxylation is 1. The Hall–Kier alpha value is -3.14. The lowest BCUT2D eigenvalue weighted by Crippen LogP contribution is -2.51. The first-order valence-corrected chi connectivity index (χ1v) is 13.4. The first kappa shape index (κ1) is 31.1. The number of nitrogens with one attached hydrogen (secondary N) is 1. The number of amides is 3. The van der Waals surface area contributed by atoms with Crippen LogP contribution in [0, 0.1) is 5.92 Å². The molecule has 1 fully saturated rings. The van der Waals surface area contributed by atoms with Gasteiger partial charge in [-0.25, -0.2) is 9.59 Å². The van der Waals surface area contributed by atoms with Crippen LogP contribution in [-0.4, -0.2) is 83.9 Å². The lowest BCUT2D eigenvalue weighted by molar-refractivity contribution is -0.159. The van der Waals surface area contributed by atoms with Crippen LogP contribution in [0.1, 0.15) is 64.9 Å². The molecule has 0 spiro atoms. The first-order chi connectivity index (χ1) is 18.0. The number of aliphatic carboxylic acids is 1. The summed E-state index contributed by atoms with van der Waals surface area (Å²) in [5, 5.41) is 12.8. The van der Waals surface area contributed by atoms with E-state index in [1.807, 2.05) is 30.3 Å². The number of carbonyl (C=O) groups excluding carboxylic acids is 3. The number of carboxylic acids is 1. The number of rotatable bonds is 7. The summed E-state index contributed by atoms with van der Waals surface area (Å²) in [5.41, 5.74) is 0.465. The fraction of sp³-hybridized carbons (Fsp3) is 0.643. The molecule has 1 heterocycles. The third-order valence-corrected chi connectivity index (χ3v) is 6.41. The fourth-order valence-corrected chi connectivity index (χ4v) is 4.38. The summed E-state index contributed by atoms with van der Waals surface area (Å²) in [6, 6.07) is 9.80. The summed E-state index contributed by atoms with van der Waals surface area (Å²) < 4.78 is 11.3. The average Bonchev–Trinajstić information content (AvgIpc) is 2.85. The van der Waals surface area contributed by atoms with Gasteiger partial charge in [0.2, 0.25) is 12.3 Å². The zero-order valence-electron chi connectivity index (χ0n) is 23.1. The summed E-state index contributed by atoms with van der Waals surface area (Å²) in [5.74, 6) is -2.59. The SMILES string of the molecule is CN(C=O)[C@H]1CCCN(C(=O)OC(C)(C)C)CCCCO[C@H](C(=O)O)[C@@H](CCCc2ccccc2)C(=O)N1. The average molecular weight is 534 g/mol. The molecular formula is C28H43N3O7. The first-order valence-electron chi connectivity index (χ1n) is 13.4. The quantitative estimate of drug-likeness (QED) is 0.514. The minimum Gasteiger partial charge on any atom is -0.479 e. The highest BCUT2D eigenvalue weighted by atomic mass is 16.6. The van der Waals surface area contributed by atoms with E-state index in [9.17, 15) is 24.3 Å². The Kier molecular flexibility index (Phi) is 12.5. The maximum absolute atomic E-state index is 13.4. The minimum atomic E-state index is -1.32. The van der Waals surface area contributed by atoms with Gasteiger partial charge in [0, 0.05) is 26.7 Å². The van der Waals surface area contributed by atoms with Gasteiger partial charge in [-0.1, -0.05) is 30.3 Å². The third-order valence-electron chi connectivity index (χ3n) is 6.41. The molecule has 38 heavy (non-hydrogen) atoms. The smallest absolute Gasteiger partial charge is 0.410 e. The molecule has 10 heteroatoms. The molecule has 0 bridgehead atoms. The molecule has 0 aliphatic carbocycles. The predicted octanol–water partition coefficient (Wildman–Crippen LogP) is 3.44. The van der Waals surface area contributed by atoms with Crippen molar-refractivity contribution < 1.29 is 33.8 Å². The Morgan fingerprint density at radius 1 is 1.18 bits per heavy atom. The van der Waals surface area contributed by atoms with Crippen LogP contribution in [0.15, 0.2) is 30.3 Å². The number of carboxylic acid groups (broad SMARTS) is 1. The monoisotopic (exact) mass is 533 g/mol. The Labute approximate surface area is 225 Å². The second-order valence-electron chi connectivity index (χ2n) is 10.7. The van der Waals surface area contributed by atoms with Crippen molar-refractivity contribution in [2.24, 2.45) is 5.92 Å². The number of nitrogens with zero attached hydrogens (tertiary/aromatic N) is 2. The Morgan fingerprint density at radius 2 is 1.87 bits per heavy atom. The van der Waals surface area contributed by atoms with Crippen molar-refractivity contribution in [2.75, 3.05) is 26.7 Å². The Balaban J connectivity index is 2.20. The molecule has 3 amide bonds. The van der Waals surface area contributed by atoms with Gasteiger partial charge in [-0.05, 0) is 71.3 Å². The van der Waals surface area contributed by atoms with Crippen molar-refractivity contribution in [2.45, 2.75) is 83.6 Å². The molecule has 212 valence electrons. The predicted molar refractivity (Wildman–Crippen MR) is 142 cm³/mol. The Morgan fingerprint density at radius 3 is 2.50 bits per heavy atom. The molecular weight excluding hydrogens is 490 g/mol. The highest BCUT2D eigenvalue weighted by Gasteiger charge is 2.36. The van der Waals surface area contributed by atoms with E-state index in [0.717, 1.165) is 5.56 Å². The van der Waals surface area contributed by atoms with Crippen LogP contribution in [-0.2, 0) is 30.3 Å². The van der Waals surface area contributed by atoms with Gasteiger partial charge < -0.3 is 29.7 Å². The topological polar surface area (TPSA) is 125 Å². The van der Waals surface area contributed by atoms with E-state index in [4.69, 9.17) is 9.47 Å². The van der Waals surface area contributed by atoms with Crippen molar-refractivity contribution >= 4 is 24.4 Å². The van der Waals surface area contributed by atoms with E-state index >= 15 is 0 Å². The summed E-state index contributed by atoms with van der Waals surface area (Å²) in [6.07, 6.45) is 1.85. The number of hydrogen-bond donors (Lipinski definition) is 2. The Bertz CT molecular complexity index is 903. The second kappa shape index (κ2) is 15.3. The van der Waals surface area contributed by atoms with E-state index in [1.165, 1.54) is 4.90 Å². The van der Waals surface area contributed by atoms with Crippen LogP contribution in [0.4, 0.5) is 4.79 Å². The van der Waals surface area contributed by atoms with Gasteiger partial charge >= 0.3 is 12.1 Å². The van der Waals surface area contributed by atoms with Crippen LogP contribution in [0.25, 0.3) is 0 Å². The largest absolute Gasteiger partial charge is 0.479 e. The lowest BCUT2D eigenvalue weighted by Gasteiger charge is -2.32. The zero-order chi connectivity index (χ0) is 28.1. The highest BCUT2D eigenvalue weighted by molar-refractivity contribution is 5.86. The normalized spacial score (nSPS) is 22.1. The standard InChI is InChI=1S/C28H43N3O7/c1-28(2,3)38-27(36)31-17-8-9-19-37-24(26(34)35)22(15-10-14-21-12-6-5-7-13-21)25(33)29-23(16-11-18-31)30(4)20-32/h5-7,12-13,20,22-24H,8-11,14-19H2,1-4H3,(H,29,33)(H,34,35)/t22-,23+,24+/m1/s1. The second-order valence-corrected chi connectivity index (χ2v) is 10.7. The van der Waals surface area contributed by atoms with E-state index in [2.05, 4.69) is 5.32 Å². The van der Waals surface area contributed by atoms with Crippen molar-refractivity contribution in [3.63, 3.8) is 0 Å².